The van der Waals surface area contributed by atoms with Crippen LogP contribution in [-0.2, 0) is 24.0 Å². The topological polar surface area (TPSA) is 55.8 Å². The SMILES string of the molecule is COC(=O)c1cc(CCc2ccc(CCCCO)cc2)ccc1OC. The van der Waals surface area contributed by atoms with Gasteiger partial charge in [0.15, 0.2) is 0 Å². The van der Waals surface area contributed by atoms with Crippen molar-refractivity contribution in [1.29, 1.82) is 0 Å². The van der Waals surface area contributed by atoms with Crippen molar-refractivity contribution < 1.29 is 19.4 Å². The van der Waals surface area contributed by atoms with Gasteiger partial charge in [-0.05, 0) is 60.9 Å². The van der Waals surface area contributed by atoms with E-state index in [1.54, 1.807) is 7.11 Å². The van der Waals surface area contributed by atoms with E-state index in [0.717, 1.165) is 37.7 Å². The highest BCUT2D eigenvalue weighted by Crippen LogP contribution is 2.22. The first kappa shape index (κ1) is 19.0. The van der Waals surface area contributed by atoms with Crippen LogP contribution in [0.5, 0.6) is 5.75 Å². The van der Waals surface area contributed by atoms with Gasteiger partial charge in [-0.3, -0.25) is 0 Å². The Morgan fingerprint density at radius 2 is 1.48 bits per heavy atom. The van der Waals surface area contributed by atoms with Gasteiger partial charge in [-0.15, -0.1) is 0 Å². The number of carbonyl (C=O) groups excluding carboxylic acids is 1. The Labute approximate surface area is 149 Å². The first-order valence-corrected chi connectivity index (χ1v) is 8.62. The molecule has 25 heavy (non-hydrogen) atoms. The standard InChI is InChI=1S/C21H26O4/c1-24-20-13-12-18(15-19(20)21(23)25-2)11-10-17-8-6-16(7-9-17)5-3-4-14-22/h6-9,12-13,15,22H,3-5,10-11,14H2,1-2H3. The van der Waals surface area contributed by atoms with E-state index in [4.69, 9.17) is 14.6 Å². The molecule has 0 aliphatic carbocycles. The van der Waals surface area contributed by atoms with Crippen molar-refractivity contribution in [1.82, 2.24) is 0 Å². The number of methoxy groups -OCH3 is 2. The summed E-state index contributed by atoms with van der Waals surface area (Å²) >= 11 is 0. The Bertz CT molecular complexity index is 677. The summed E-state index contributed by atoms with van der Waals surface area (Å²) in [4.78, 5) is 11.8. The van der Waals surface area contributed by atoms with Crippen LogP contribution in [0.4, 0.5) is 0 Å². The molecule has 0 radical (unpaired) electrons. The molecular weight excluding hydrogens is 316 g/mol. The fourth-order valence-electron chi connectivity index (χ4n) is 2.78. The van der Waals surface area contributed by atoms with E-state index in [0.29, 0.717) is 11.3 Å². The molecule has 0 unspecified atom stereocenters. The van der Waals surface area contributed by atoms with Crippen molar-refractivity contribution in [3.05, 3.63) is 64.7 Å². The lowest BCUT2D eigenvalue weighted by atomic mass is 10.00. The van der Waals surface area contributed by atoms with Crippen LogP contribution in [0.15, 0.2) is 42.5 Å². The molecule has 0 aromatic heterocycles. The Morgan fingerprint density at radius 3 is 2.08 bits per heavy atom. The van der Waals surface area contributed by atoms with Crippen LogP contribution < -0.4 is 4.74 Å². The van der Waals surface area contributed by atoms with E-state index in [-0.39, 0.29) is 12.6 Å². The van der Waals surface area contributed by atoms with Crippen molar-refractivity contribution >= 4 is 5.97 Å². The maximum absolute atomic E-state index is 11.8. The van der Waals surface area contributed by atoms with Crippen LogP contribution in [0.1, 0.15) is 39.9 Å². The van der Waals surface area contributed by atoms with Gasteiger partial charge in [-0.2, -0.15) is 0 Å². The molecule has 0 fully saturated rings. The minimum absolute atomic E-state index is 0.257. The quantitative estimate of drug-likeness (QED) is 0.559. The summed E-state index contributed by atoms with van der Waals surface area (Å²) in [7, 11) is 2.92. The first-order chi connectivity index (χ1) is 12.2. The summed E-state index contributed by atoms with van der Waals surface area (Å²) in [6.45, 7) is 0.257. The number of ether oxygens (including phenoxy) is 2. The lowest BCUT2D eigenvalue weighted by molar-refractivity contribution is 0.0597. The predicted molar refractivity (Wildman–Crippen MR) is 98.2 cm³/mol. The smallest absolute Gasteiger partial charge is 0.341 e. The molecule has 134 valence electrons. The third-order valence-corrected chi connectivity index (χ3v) is 4.27. The summed E-state index contributed by atoms with van der Waals surface area (Å²) in [5, 5.41) is 8.83. The Kier molecular flexibility index (Phi) is 7.48. The number of aryl methyl sites for hydroxylation is 3. The maximum Gasteiger partial charge on any atom is 0.341 e. The first-order valence-electron chi connectivity index (χ1n) is 8.62. The molecule has 0 saturated carbocycles. The lowest BCUT2D eigenvalue weighted by Crippen LogP contribution is -2.05. The summed E-state index contributed by atoms with van der Waals surface area (Å²) in [5.41, 5.74) is 4.10. The van der Waals surface area contributed by atoms with Crippen molar-refractivity contribution in [3.63, 3.8) is 0 Å². The fraction of sp³-hybridized carbons (Fsp3) is 0.381. The number of rotatable bonds is 9. The van der Waals surface area contributed by atoms with Crippen LogP contribution in [0.25, 0.3) is 0 Å². The summed E-state index contributed by atoms with van der Waals surface area (Å²) in [6, 6.07) is 14.2. The number of hydrogen-bond donors (Lipinski definition) is 1. The molecule has 2 rings (SSSR count). The van der Waals surface area contributed by atoms with Crippen molar-refractivity contribution in [2.24, 2.45) is 0 Å². The number of hydrogen-bond acceptors (Lipinski definition) is 4. The summed E-state index contributed by atoms with van der Waals surface area (Å²) in [5.74, 6) is 0.147. The normalized spacial score (nSPS) is 10.5. The van der Waals surface area contributed by atoms with Crippen LogP contribution in [0.3, 0.4) is 0 Å². The molecule has 4 nitrogen and oxygen atoms in total. The van der Waals surface area contributed by atoms with E-state index < -0.39 is 0 Å². The second-order valence-corrected chi connectivity index (χ2v) is 6.02. The van der Waals surface area contributed by atoms with Gasteiger partial charge in [0.1, 0.15) is 11.3 Å². The van der Waals surface area contributed by atoms with E-state index in [2.05, 4.69) is 24.3 Å². The number of aliphatic hydroxyl groups excluding tert-OH is 1. The Morgan fingerprint density at radius 1 is 0.880 bits per heavy atom. The van der Waals surface area contributed by atoms with Crippen LogP contribution >= 0.6 is 0 Å². The minimum Gasteiger partial charge on any atom is -0.496 e. The highest BCUT2D eigenvalue weighted by molar-refractivity contribution is 5.92. The van der Waals surface area contributed by atoms with Crippen LogP contribution in [0, 0.1) is 0 Å². The zero-order valence-electron chi connectivity index (χ0n) is 15.0. The monoisotopic (exact) mass is 342 g/mol. The maximum atomic E-state index is 11.8. The molecule has 1 N–H and O–H groups in total. The van der Waals surface area contributed by atoms with Gasteiger partial charge in [0.05, 0.1) is 14.2 Å². The summed E-state index contributed by atoms with van der Waals surface area (Å²) < 4.78 is 10.0. The molecular formula is C21H26O4. The highest BCUT2D eigenvalue weighted by Gasteiger charge is 2.13. The predicted octanol–water partition coefficient (Wildman–Crippen LogP) is 3.58. The van der Waals surface area contributed by atoms with E-state index in [1.807, 2.05) is 18.2 Å². The van der Waals surface area contributed by atoms with Gasteiger partial charge in [0, 0.05) is 6.61 Å². The van der Waals surface area contributed by atoms with Crippen LogP contribution in [-0.4, -0.2) is 31.9 Å². The fourth-order valence-corrected chi connectivity index (χ4v) is 2.78. The number of aliphatic hydroxyl groups is 1. The van der Waals surface area contributed by atoms with Crippen molar-refractivity contribution in [2.45, 2.75) is 32.1 Å². The highest BCUT2D eigenvalue weighted by atomic mass is 16.5. The number of benzene rings is 2. The molecule has 0 saturated heterocycles. The van der Waals surface area contributed by atoms with Crippen molar-refractivity contribution in [2.75, 3.05) is 20.8 Å². The van der Waals surface area contributed by atoms with Gasteiger partial charge in [-0.1, -0.05) is 30.3 Å². The van der Waals surface area contributed by atoms with Crippen molar-refractivity contribution in [3.8, 4) is 5.75 Å². The average Bonchev–Trinajstić information content (AvgIpc) is 2.66. The number of unbranched alkanes of at least 4 members (excludes halogenated alkanes) is 1. The minimum atomic E-state index is -0.383. The van der Waals surface area contributed by atoms with Crippen LogP contribution in [0.2, 0.25) is 0 Å². The molecule has 2 aromatic carbocycles. The number of esters is 1. The Hall–Kier alpha value is -2.33. The number of carbonyl (C=O) groups is 1. The third kappa shape index (κ3) is 5.61. The molecule has 0 spiro atoms. The largest absolute Gasteiger partial charge is 0.496 e. The Balaban J connectivity index is 1.97. The zero-order valence-corrected chi connectivity index (χ0v) is 15.0. The lowest BCUT2D eigenvalue weighted by Gasteiger charge is -2.09. The zero-order chi connectivity index (χ0) is 18.1. The molecule has 0 heterocycles. The second-order valence-electron chi connectivity index (χ2n) is 6.02. The van der Waals surface area contributed by atoms with Gasteiger partial charge >= 0.3 is 5.97 Å². The second kappa shape index (κ2) is 9.84. The molecule has 0 amide bonds. The van der Waals surface area contributed by atoms with E-state index >= 15 is 0 Å². The molecule has 0 bridgehead atoms. The molecule has 0 aliphatic rings. The van der Waals surface area contributed by atoms with Gasteiger partial charge in [0.2, 0.25) is 0 Å². The molecule has 4 heteroatoms. The van der Waals surface area contributed by atoms with E-state index in [1.165, 1.54) is 18.2 Å². The third-order valence-electron chi connectivity index (χ3n) is 4.27. The summed E-state index contributed by atoms with van der Waals surface area (Å²) in [6.07, 6.45) is 4.61. The average molecular weight is 342 g/mol. The molecule has 2 aromatic rings. The van der Waals surface area contributed by atoms with Gasteiger partial charge < -0.3 is 14.6 Å². The van der Waals surface area contributed by atoms with E-state index in [9.17, 15) is 4.79 Å². The molecule has 0 aliphatic heterocycles. The van der Waals surface area contributed by atoms with Gasteiger partial charge in [-0.25, -0.2) is 4.79 Å². The molecule has 0 atom stereocenters. The van der Waals surface area contributed by atoms with Gasteiger partial charge in [0.25, 0.3) is 0 Å².